The Bertz CT molecular complexity index is 6050. The first kappa shape index (κ1) is 90.9. The van der Waals surface area contributed by atoms with E-state index in [9.17, 15) is 31.9 Å². The Morgan fingerprint density at radius 1 is 0.391 bits per heavy atom. The van der Waals surface area contributed by atoms with Gasteiger partial charge in [0.25, 0.3) is 0 Å². The zero-order valence-corrected chi connectivity index (χ0v) is 74.5. The number of ether oxygens (including phenoxy) is 3. The molecule has 5 aliphatic rings. The molecule has 3 atom stereocenters. The van der Waals surface area contributed by atoms with Crippen LogP contribution in [0.3, 0.4) is 0 Å². The molecule has 14 heterocycles. The Morgan fingerprint density at radius 3 is 0.969 bits per heavy atom. The Balaban J connectivity index is 0.000000148. The summed E-state index contributed by atoms with van der Waals surface area (Å²) in [5.74, 6) is 0.840. The molecule has 35 heteroatoms. The number of carbonyl (C=O) groups excluding carboxylic acids is 3. The van der Waals surface area contributed by atoms with E-state index in [1.165, 1.54) is 18.2 Å². The molecule has 0 unspecified atom stereocenters. The van der Waals surface area contributed by atoms with Gasteiger partial charge in [-0.2, -0.15) is 0 Å². The van der Waals surface area contributed by atoms with E-state index in [0.717, 1.165) is 100 Å². The Morgan fingerprint density at radius 2 is 0.695 bits per heavy atom. The third-order valence-corrected chi connectivity index (χ3v) is 23.7. The second-order valence-electron chi connectivity index (χ2n) is 35.3. The van der Waals surface area contributed by atoms with E-state index in [-0.39, 0.29) is 87.2 Å². The lowest BCUT2D eigenvalue weighted by molar-refractivity contribution is -0.149. The Kier molecular flexibility index (Phi) is 27.4. The molecule has 12 aromatic rings. The smallest absolute Gasteiger partial charge is 0.229 e. The first-order valence-corrected chi connectivity index (χ1v) is 43.7. The van der Waals surface area contributed by atoms with E-state index < -0.39 is 51.7 Å². The van der Waals surface area contributed by atoms with Crippen LogP contribution in [-0.4, -0.2) is 218 Å². The highest BCUT2D eigenvalue weighted by molar-refractivity contribution is 5.86. The lowest BCUT2D eigenvalue weighted by Crippen LogP contribution is -2.53. The van der Waals surface area contributed by atoms with Crippen molar-refractivity contribution in [1.29, 1.82) is 0 Å². The maximum atomic E-state index is 15.0. The topological polar surface area (TPSA) is 301 Å². The molecule has 674 valence electrons. The first-order valence-electron chi connectivity index (χ1n) is 43.7. The average molecular weight is 1760 g/mol. The van der Waals surface area contributed by atoms with Crippen molar-refractivity contribution in [2.75, 3.05) is 101 Å². The molecule has 3 N–H and O–H groups in total. The molecule has 0 radical (unpaired) electrons. The minimum Gasteiger partial charge on any atom is -0.372 e. The predicted molar refractivity (Wildman–Crippen MR) is 475 cm³/mol. The molecule has 9 aromatic heterocycles. The van der Waals surface area contributed by atoms with Gasteiger partial charge >= 0.3 is 0 Å². The normalized spacial score (nSPS) is 18.8. The van der Waals surface area contributed by atoms with Crippen molar-refractivity contribution in [3.63, 3.8) is 0 Å². The highest BCUT2D eigenvalue weighted by Crippen LogP contribution is 2.37. The number of ketones is 1. The lowest BCUT2D eigenvalue weighted by Gasteiger charge is -2.42. The van der Waals surface area contributed by atoms with Crippen LogP contribution >= 0.6 is 0 Å². The minimum absolute atomic E-state index is 0.0207. The van der Waals surface area contributed by atoms with Crippen molar-refractivity contribution in [2.45, 2.75) is 190 Å². The number of morpholine rings is 3. The molecule has 0 aliphatic carbocycles. The van der Waals surface area contributed by atoms with Crippen LogP contribution in [0.2, 0.25) is 0 Å². The molecule has 0 spiro atoms. The summed E-state index contributed by atoms with van der Waals surface area (Å²) in [6.07, 6.45) is 13.4. The number of likely N-dealkylation sites (tertiary alicyclic amines) is 2. The molecule has 5 fully saturated rings. The van der Waals surface area contributed by atoms with Crippen molar-refractivity contribution >= 4 is 86.0 Å². The third kappa shape index (κ3) is 21.1. The van der Waals surface area contributed by atoms with Crippen LogP contribution in [0.4, 0.5) is 61.6 Å². The monoisotopic (exact) mass is 1760 g/mol. The van der Waals surface area contributed by atoms with Gasteiger partial charge in [0.15, 0.2) is 34.9 Å². The van der Waals surface area contributed by atoms with Gasteiger partial charge in [-0.3, -0.25) is 29.1 Å². The molecule has 0 saturated carbocycles. The number of carbonyl (C=O) groups is 3. The van der Waals surface area contributed by atoms with Crippen LogP contribution in [0.1, 0.15) is 166 Å². The third-order valence-electron chi connectivity index (χ3n) is 23.7. The second-order valence-corrected chi connectivity index (χ2v) is 35.3. The highest BCUT2D eigenvalue weighted by atomic mass is 19.1. The average Bonchev–Trinajstić information content (AvgIpc) is 1.63. The maximum absolute atomic E-state index is 15.0. The fourth-order valence-corrected chi connectivity index (χ4v) is 17.7. The number of rotatable bonds is 25. The van der Waals surface area contributed by atoms with Crippen molar-refractivity contribution in [3.05, 3.63) is 179 Å². The zero-order valence-electron chi connectivity index (χ0n) is 74.5. The summed E-state index contributed by atoms with van der Waals surface area (Å²) in [6, 6.07) is 20.3. The number of amides is 2. The number of anilines is 6. The number of aryl methyl sites for hydroxylation is 3. The molecule has 0 bridgehead atoms. The number of nitrogens with zero attached hydrogens (tertiary/aromatic N) is 20. The standard InChI is InChI=1S/C32H38F2N8O2.C31H36F2N8O2.C30H35F2N7O2/c1-20(2)42-21(3)37-30-24(33)13-23(14-26(30)42)29-25(34)17-36-31(39-29)38-27-8-7-22(16-35-27)18-40-11-12-44-32(4,19-40)15-28(43)41-9-5-6-10-41;1-19(2)41-20(3)36-29-23(32)12-22(13-25(29)41)28-24(33)16-35-30(38-28)37-26-7-6-21(15-34-26)17-39-10-11-43-31(4,18-39)14-27(42)40-8-5-9-40;1-6-22(40)13-30(5)17-38(9-10-41-30)16-20-7-8-26(33-14-20)36-29-34-15-24(32)27(37-29)21-11-23(31)28-25(12-21)39(18(2)3)19(4)35-28/h7-8,13-14,16-17,20H,5-6,9-12,15,18-19H2,1-4H3,(H,35,36,38,39);6-7,12-13,15-16,19H,5,8-11,14,17-18H2,1-4H3,(H,34,35,37,38);7-8,11-12,14-15,18H,6,9-10,13,16-17H2,1-5H3,(H,33,34,36,37)/t32-;31-;30-/m111/s1. The van der Waals surface area contributed by atoms with Crippen molar-refractivity contribution in [2.24, 2.45) is 0 Å². The molecule has 128 heavy (non-hydrogen) atoms. The quantitative estimate of drug-likeness (QED) is 0.0448. The van der Waals surface area contributed by atoms with Gasteiger partial charge in [-0.05, 0) is 174 Å². The molecule has 2 amide bonds. The van der Waals surface area contributed by atoms with Gasteiger partial charge in [0.1, 0.15) is 74.3 Å². The molecule has 5 aliphatic heterocycles. The van der Waals surface area contributed by atoms with Crippen molar-refractivity contribution < 1.29 is 54.9 Å². The number of halogens is 6. The van der Waals surface area contributed by atoms with Gasteiger partial charge in [0.2, 0.25) is 29.7 Å². The number of imidazole rings is 3. The molecule has 3 aromatic carbocycles. The van der Waals surface area contributed by atoms with Crippen LogP contribution in [0.25, 0.3) is 66.9 Å². The number of hydrogen-bond donors (Lipinski definition) is 3. The van der Waals surface area contributed by atoms with Gasteiger partial charge in [0, 0.05) is 151 Å². The fraction of sp³-hybridized carbons (Fsp3) is 0.452. The molecular weight excluding hydrogens is 1650 g/mol. The summed E-state index contributed by atoms with van der Waals surface area (Å²) in [5, 5.41) is 9.08. The van der Waals surface area contributed by atoms with Crippen LogP contribution < -0.4 is 16.0 Å². The van der Waals surface area contributed by atoms with Gasteiger partial charge in [-0.15, -0.1) is 0 Å². The van der Waals surface area contributed by atoms with Gasteiger partial charge in [-0.25, -0.2) is 86.2 Å². The number of fused-ring (bicyclic) bond motifs is 3. The Hall–Kier alpha value is -11.9. The SMILES string of the molecule is CCC(=O)C[C@]1(C)CN(Cc2ccc(Nc3ncc(F)c(-c4cc(F)c5nc(C)n(C(C)C)c5c4)n3)nc2)CCO1.Cc1nc2c(F)cc(-c3nc(Nc4ccc(CN5CCO[C@](C)(CC(=O)N6CCC6)C5)cn4)ncc3F)cc2n1C(C)C.Cc1nc2c(F)cc(-c3nc(Nc4ccc(CN5CCO[C@](C)(CC(=O)N6CCCC6)C5)cn4)ncc3F)cc2n1C(C)C. The van der Waals surface area contributed by atoms with Crippen LogP contribution in [0.5, 0.6) is 0 Å². The molecule has 5 saturated heterocycles. The maximum Gasteiger partial charge on any atom is 0.229 e. The van der Waals surface area contributed by atoms with Gasteiger partial charge in [-0.1, -0.05) is 25.1 Å². The summed E-state index contributed by atoms with van der Waals surface area (Å²) < 4.78 is 114. The van der Waals surface area contributed by atoms with Crippen molar-refractivity contribution in [1.82, 2.24) is 98.0 Å². The van der Waals surface area contributed by atoms with E-state index in [2.05, 4.69) is 90.5 Å². The number of Topliss-reactive ketones (excluding diaryl/α,β-unsaturated/α-hetero) is 1. The van der Waals surface area contributed by atoms with Crippen LogP contribution in [-0.2, 0) is 48.2 Å². The van der Waals surface area contributed by atoms with Crippen molar-refractivity contribution in [3.8, 4) is 33.8 Å². The van der Waals surface area contributed by atoms with Gasteiger partial charge in [0.05, 0.1) is 84.6 Å². The van der Waals surface area contributed by atoms with Crippen LogP contribution in [0, 0.1) is 55.7 Å². The molecule has 17 rings (SSSR count). The molecular formula is C93H109F6N23O6. The summed E-state index contributed by atoms with van der Waals surface area (Å²) in [4.78, 5) is 99.8. The predicted octanol–water partition coefficient (Wildman–Crippen LogP) is 16.2. The van der Waals surface area contributed by atoms with Gasteiger partial charge < -0.3 is 53.7 Å². The summed E-state index contributed by atoms with van der Waals surface area (Å²) in [6.45, 7) is 36.6. The Labute approximate surface area is 738 Å². The zero-order chi connectivity index (χ0) is 90.6. The largest absolute Gasteiger partial charge is 0.372 e. The van der Waals surface area contributed by atoms with E-state index in [1.54, 1.807) is 42.9 Å². The number of hydrogen-bond acceptors (Lipinski definition) is 24. The summed E-state index contributed by atoms with van der Waals surface area (Å²) >= 11 is 0. The number of pyridine rings is 3. The first-order chi connectivity index (χ1) is 61.2. The highest BCUT2D eigenvalue weighted by Gasteiger charge is 2.40. The number of benzene rings is 3. The van der Waals surface area contributed by atoms with E-state index in [4.69, 9.17) is 14.2 Å². The lowest BCUT2D eigenvalue weighted by atomic mass is 9.95. The van der Waals surface area contributed by atoms with E-state index in [0.29, 0.717) is 153 Å². The van der Waals surface area contributed by atoms with Crippen LogP contribution in [0.15, 0.2) is 110 Å². The van der Waals surface area contributed by atoms with E-state index >= 15 is 8.78 Å². The minimum atomic E-state index is -0.664. The summed E-state index contributed by atoms with van der Waals surface area (Å²) in [5.41, 5.74) is 4.78. The second kappa shape index (κ2) is 38.6. The molecule has 29 nitrogen and oxygen atoms in total. The van der Waals surface area contributed by atoms with E-state index in [1.807, 2.05) is 144 Å². The number of nitrogens with one attached hydrogen (secondary N) is 3. The fourth-order valence-electron chi connectivity index (χ4n) is 17.7. The summed E-state index contributed by atoms with van der Waals surface area (Å²) in [7, 11) is 0. The number of aromatic nitrogens is 15.